The lowest BCUT2D eigenvalue weighted by Crippen LogP contribution is -2.46. The van der Waals surface area contributed by atoms with Crippen LogP contribution in [0.5, 0.6) is 11.5 Å². The second-order valence-corrected chi connectivity index (χ2v) is 23.2. The molecule has 2 saturated heterocycles. The molecule has 2 atom stereocenters. The highest BCUT2D eigenvalue weighted by atomic mass is 35.5. The molecule has 0 spiro atoms. The molecule has 0 radical (unpaired) electrons. The van der Waals surface area contributed by atoms with Crippen molar-refractivity contribution < 1.29 is 44.3 Å². The van der Waals surface area contributed by atoms with E-state index >= 15 is 4.79 Å². The smallest absolute Gasteiger partial charge is 0.419 e. The SMILES string of the molecule is CC(C)(C)OC(=O)n1c(-c2cc(O)c(Cl)c3c2C(C(=O)C2NCc4c(Cl)c(O)cc(-c5cc6cc(CN7CCN(CCO)CC7)ccc6n5C(=O)OC(C)(C)C)c42)NC3)cc2cc(CN3CCN(CCO)CC3)ccc21. The quantitative estimate of drug-likeness (QED) is 0.0689. The van der Waals surface area contributed by atoms with E-state index < -0.39 is 35.5 Å². The van der Waals surface area contributed by atoms with E-state index in [9.17, 15) is 30.0 Å². The van der Waals surface area contributed by atoms with Gasteiger partial charge in [-0.25, -0.2) is 18.7 Å². The Hall–Kier alpha value is -5.57. The first kappa shape index (κ1) is 53.8. The minimum atomic E-state index is -1.04. The van der Waals surface area contributed by atoms with Crippen LogP contribution in [-0.2, 0) is 40.4 Å². The zero-order chi connectivity index (χ0) is 54.0. The molecule has 17 nitrogen and oxygen atoms in total. The normalized spacial score (nSPS) is 18.9. The molecule has 2 fully saturated rings. The minimum Gasteiger partial charge on any atom is -0.506 e. The van der Waals surface area contributed by atoms with Gasteiger partial charge < -0.3 is 29.9 Å². The molecule has 0 saturated carbocycles. The van der Waals surface area contributed by atoms with Gasteiger partial charge in [0.2, 0.25) is 0 Å². The molecule has 19 heteroatoms. The van der Waals surface area contributed by atoms with Crippen molar-refractivity contribution in [1.82, 2.24) is 39.4 Å². The summed E-state index contributed by atoms with van der Waals surface area (Å²) in [5.74, 6) is -0.772. The molecular formula is C57H68Cl2N8O9. The van der Waals surface area contributed by atoms with Crippen LogP contribution in [-0.4, -0.2) is 157 Å². The van der Waals surface area contributed by atoms with Gasteiger partial charge in [0.25, 0.3) is 0 Å². The highest BCUT2D eigenvalue weighted by Gasteiger charge is 2.43. The van der Waals surface area contributed by atoms with Crippen molar-refractivity contribution >= 4 is 63.0 Å². The summed E-state index contributed by atoms with van der Waals surface area (Å²) in [5.41, 5.74) is 5.03. The number of ether oxygens (including phenoxy) is 2. The number of fused-ring (bicyclic) bond motifs is 4. The van der Waals surface area contributed by atoms with Gasteiger partial charge >= 0.3 is 12.2 Å². The second kappa shape index (κ2) is 21.3. The third-order valence-corrected chi connectivity index (χ3v) is 15.7. The standard InChI is InChI=1S/C57H68Cl2N8O9/c1-56(2,3)75-54(73)66-41-9-7-33(31-64-15-11-62(12-16-64)19-21-68)23-35(41)25-43(66)37-27-45(70)49(58)39-29-60-51(47(37)39)53(72)52-48-38(28-46(71)50(59)40(48)30-61-52)44-26-36-24-34(32-65-17-13-63(14-18-65)20-22-69)8-10-42(36)67(44)55(74)76-57(4,5)6/h7-10,23-28,51-52,60-61,68-71H,11-22,29-32H2,1-6H3. The number of aromatic nitrogens is 2. The Kier molecular flexibility index (Phi) is 15.1. The number of Topliss-reactive ketones (excluding diaryl/α,β-unsaturated/α-hetero) is 1. The van der Waals surface area contributed by atoms with Gasteiger partial charge in [-0.1, -0.05) is 35.3 Å². The van der Waals surface area contributed by atoms with Crippen LogP contribution in [0, 0.1) is 0 Å². The maximum absolute atomic E-state index is 15.7. The van der Waals surface area contributed by atoms with Gasteiger partial charge in [0.15, 0.2) is 5.78 Å². The molecule has 404 valence electrons. The molecule has 2 aromatic heterocycles. The summed E-state index contributed by atoms with van der Waals surface area (Å²) in [6, 6.07) is 16.6. The van der Waals surface area contributed by atoms with Crippen molar-refractivity contribution in [1.29, 1.82) is 0 Å². The second-order valence-electron chi connectivity index (χ2n) is 22.5. The van der Waals surface area contributed by atoms with Gasteiger partial charge in [-0.2, -0.15) is 0 Å². The van der Waals surface area contributed by atoms with Crippen LogP contribution >= 0.6 is 23.2 Å². The third kappa shape index (κ3) is 10.7. The van der Waals surface area contributed by atoms with Crippen LogP contribution in [0.1, 0.15) is 87.0 Å². The lowest BCUT2D eigenvalue weighted by Gasteiger charge is -2.34. The number of piperazine rings is 2. The number of aliphatic hydroxyl groups excluding tert-OH is 2. The van der Waals surface area contributed by atoms with Crippen LogP contribution in [0.15, 0.2) is 60.7 Å². The molecular weight excluding hydrogens is 1010 g/mol. The van der Waals surface area contributed by atoms with Gasteiger partial charge in [-0.3, -0.25) is 35.0 Å². The summed E-state index contributed by atoms with van der Waals surface area (Å²) in [6.45, 7) is 20.7. The van der Waals surface area contributed by atoms with Crippen molar-refractivity contribution in [3.8, 4) is 34.0 Å². The number of nitrogens with one attached hydrogen (secondary N) is 2. The van der Waals surface area contributed by atoms with Crippen molar-refractivity contribution in [3.05, 3.63) is 104 Å². The number of hydrogen-bond donors (Lipinski definition) is 6. The molecule has 10 rings (SSSR count). The Morgan fingerprint density at radius 3 is 1.29 bits per heavy atom. The fourth-order valence-corrected chi connectivity index (χ4v) is 11.8. The lowest BCUT2D eigenvalue weighted by molar-refractivity contribution is -0.123. The fraction of sp³-hybridized carbons (Fsp3) is 0.456. The molecule has 6 heterocycles. The molecule has 0 bridgehead atoms. The first-order valence-electron chi connectivity index (χ1n) is 26.2. The lowest BCUT2D eigenvalue weighted by atomic mass is 9.87. The number of phenolic OH excluding ortho intramolecular Hbond substituents is 2. The minimum absolute atomic E-state index is 0.0708. The Bertz CT molecular complexity index is 3020. The molecule has 0 aliphatic carbocycles. The number of ketones is 1. The number of rotatable bonds is 12. The van der Waals surface area contributed by atoms with E-state index in [1.54, 1.807) is 41.5 Å². The maximum atomic E-state index is 15.7. The Morgan fingerprint density at radius 1 is 0.566 bits per heavy atom. The first-order valence-corrected chi connectivity index (χ1v) is 26.9. The van der Waals surface area contributed by atoms with Gasteiger partial charge in [0, 0.05) is 114 Å². The zero-order valence-corrected chi connectivity index (χ0v) is 45.5. The largest absolute Gasteiger partial charge is 0.506 e. The van der Waals surface area contributed by atoms with Gasteiger partial charge in [-0.15, -0.1) is 0 Å². The number of halogens is 2. The molecule has 4 aliphatic rings. The predicted molar refractivity (Wildman–Crippen MR) is 293 cm³/mol. The Labute approximate surface area is 452 Å². The van der Waals surface area contributed by atoms with Gasteiger partial charge in [0.1, 0.15) is 22.7 Å². The van der Waals surface area contributed by atoms with Crippen LogP contribution in [0.25, 0.3) is 44.3 Å². The van der Waals surface area contributed by atoms with Crippen LogP contribution in [0.3, 0.4) is 0 Å². The molecule has 2 unspecified atom stereocenters. The highest BCUT2D eigenvalue weighted by molar-refractivity contribution is 6.33. The number of phenols is 2. The molecule has 4 aromatic carbocycles. The van der Waals surface area contributed by atoms with Crippen LogP contribution < -0.4 is 10.6 Å². The number of nitrogens with zero attached hydrogens (tertiary/aromatic N) is 6. The summed E-state index contributed by atoms with van der Waals surface area (Å²) in [5, 5.41) is 50.4. The van der Waals surface area contributed by atoms with Crippen molar-refractivity contribution in [2.75, 3.05) is 78.7 Å². The molecule has 76 heavy (non-hydrogen) atoms. The van der Waals surface area contributed by atoms with Crippen molar-refractivity contribution in [3.63, 3.8) is 0 Å². The summed E-state index contributed by atoms with van der Waals surface area (Å²) in [4.78, 5) is 53.8. The van der Waals surface area contributed by atoms with Crippen molar-refractivity contribution in [2.45, 2.75) is 91.0 Å². The topological polar surface area (TPSA) is 197 Å². The molecule has 4 aliphatic heterocycles. The summed E-state index contributed by atoms with van der Waals surface area (Å²) < 4.78 is 15.1. The molecule has 0 amide bonds. The number of hydrogen-bond acceptors (Lipinski definition) is 15. The molecule has 6 N–H and O–H groups in total. The van der Waals surface area contributed by atoms with E-state index in [0.717, 1.165) is 74.3 Å². The van der Waals surface area contributed by atoms with E-state index in [1.807, 2.05) is 36.4 Å². The average molecular weight is 1080 g/mol. The monoisotopic (exact) mass is 1080 g/mol. The number of aliphatic hydroxyl groups is 2. The van der Waals surface area contributed by atoms with E-state index in [-0.39, 0.29) is 53.6 Å². The highest BCUT2D eigenvalue weighted by Crippen LogP contribution is 2.50. The van der Waals surface area contributed by atoms with E-state index in [1.165, 1.54) is 21.3 Å². The Morgan fingerprint density at radius 2 is 0.934 bits per heavy atom. The van der Waals surface area contributed by atoms with E-state index in [2.05, 4.69) is 42.4 Å². The summed E-state index contributed by atoms with van der Waals surface area (Å²) in [6.07, 6.45) is -1.28. The number of aromatic hydroxyl groups is 2. The number of benzene rings is 4. The summed E-state index contributed by atoms with van der Waals surface area (Å²) >= 11 is 13.9. The van der Waals surface area contributed by atoms with Crippen LogP contribution in [0.4, 0.5) is 9.59 Å². The van der Waals surface area contributed by atoms with E-state index in [4.69, 9.17) is 32.7 Å². The zero-order valence-electron chi connectivity index (χ0n) is 44.0. The molecule has 6 aromatic rings. The van der Waals surface area contributed by atoms with E-state index in [0.29, 0.717) is 82.0 Å². The number of carbonyl (C=O) groups is 3. The predicted octanol–water partition coefficient (Wildman–Crippen LogP) is 7.99. The van der Waals surface area contributed by atoms with Gasteiger partial charge in [0.05, 0.1) is 57.8 Å². The fourth-order valence-electron chi connectivity index (χ4n) is 11.4. The van der Waals surface area contributed by atoms with Gasteiger partial charge in [-0.05, 0) is 123 Å². The Balaban J connectivity index is 1.05. The summed E-state index contributed by atoms with van der Waals surface area (Å²) in [7, 11) is 0. The van der Waals surface area contributed by atoms with Crippen LogP contribution in [0.2, 0.25) is 10.0 Å². The average Bonchev–Trinajstić information content (AvgIpc) is 4.18. The number of carbonyl (C=O) groups excluding carboxylic acids is 3. The number of β-amino-alcohol motifs (C(OH)–C–C–N with tert-alkyl or cyclic N) is 2. The maximum Gasteiger partial charge on any atom is 0.419 e. The third-order valence-electron chi connectivity index (χ3n) is 14.9. The first-order chi connectivity index (χ1) is 36.2. The van der Waals surface area contributed by atoms with Crippen molar-refractivity contribution in [2.24, 2.45) is 0 Å².